The van der Waals surface area contributed by atoms with Gasteiger partial charge in [0.1, 0.15) is 10.0 Å². The van der Waals surface area contributed by atoms with Gasteiger partial charge in [0.2, 0.25) is 0 Å². The van der Waals surface area contributed by atoms with E-state index < -0.39 is 0 Å². The second-order valence-corrected chi connectivity index (χ2v) is 9.50. The standard InChI is InChI=1S/C22H21N3OS2/c1-22(2,3)14-8-10-15(11-9-14)23-21(26)25-19-16(12-13-27-19)20-24-17-6-4-5-7-18(17)28-20/h4-13H,1-3H3,(H2,23,25,26). The van der Waals surface area contributed by atoms with Crippen molar-refractivity contribution in [2.45, 2.75) is 26.2 Å². The average Bonchev–Trinajstić information content (AvgIpc) is 3.27. The Morgan fingerprint density at radius 1 is 0.964 bits per heavy atom. The molecule has 4 aromatic rings. The van der Waals surface area contributed by atoms with Crippen molar-refractivity contribution in [2.75, 3.05) is 10.6 Å². The first-order valence-electron chi connectivity index (χ1n) is 9.02. The maximum Gasteiger partial charge on any atom is 0.324 e. The van der Waals surface area contributed by atoms with E-state index in [9.17, 15) is 4.79 Å². The summed E-state index contributed by atoms with van der Waals surface area (Å²) in [6.45, 7) is 6.51. The van der Waals surface area contributed by atoms with Crippen molar-refractivity contribution in [2.24, 2.45) is 0 Å². The molecule has 0 aliphatic rings. The smallest absolute Gasteiger partial charge is 0.308 e. The highest BCUT2D eigenvalue weighted by Crippen LogP contribution is 2.37. The molecule has 2 amide bonds. The van der Waals surface area contributed by atoms with Gasteiger partial charge in [-0.3, -0.25) is 5.32 Å². The van der Waals surface area contributed by atoms with Gasteiger partial charge in [0.05, 0.1) is 10.2 Å². The lowest BCUT2D eigenvalue weighted by atomic mass is 9.87. The number of hydrogen-bond donors (Lipinski definition) is 2. The summed E-state index contributed by atoms with van der Waals surface area (Å²) in [5.41, 5.74) is 4.01. The highest BCUT2D eigenvalue weighted by Gasteiger charge is 2.15. The van der Waals surface area contributed by atoms with Gasteiger partial charge in [-0.25, -0.2) is 9.78 Å². The summed E-state index contributed by atoms with van der Waals surface area (Å²) in [4.78, 5) is 17.2. The highest BCUT2D eigenvalue weighted by molar-refractivity contribution is 7.22. The molecule has 0 saturated heterocycles. The minimum atomic E-state index is -0.256. The van der Waals surface area contributed by atoms with Gasteiger partial charge >= 0.3 is 6.03 Å². The summed E-state index contributed by atoms with van der Waals surface area (Å²) >= 11 is 3.12. The van der Waals surface area contributed by atoms with E-state index in [0.717, 1.165) is 31.5 Å². The number of amides is 2. The lowest BCUT2D eigenvalue weighted by Gasteiger charge is -2.19. The lowest BCUT2D eigenvalue weighted by molar-refractivity contribution is 0.262. The van der Waals surface area contributed by atoms with Crippen LogP contribution in [0.25, 0.3) is 20.8 Å². The molecule has 0 radical (unpaired) electrons. The van der Waals surface area contributed by atoms with Gasteiger partial charge in [0.25, 0.3) is 0 Å². The molecule has 0 aliphatic heterocycles. The average molecular weight is 408 g/mol. The predicted molar refractivity (Wildman–Crippen MR) is 121 cm³/mol. The van der Waals surface area contributed by atoms with Gasteiger partial charge in [-0.1, -0.05) is 45.0 Å². The fourth-order valence-corrected chi connectivity index (χ4v) is 4.73. The van der Waals surface area contributed by atoms with E-state index in [1.165, 1.54) is 16.9 Å². The molecule has 4 rings (SSSR count). The summed E-state index contributed by atoms with van der Waals surface area (Å²) in [6.07, 6.45) is 0. The molecular weight excluding hydrogens is 386 g/mol. The van der Waals surface area contributed by atoms with Crippen LogP contribution in [0.15, 0.2) is 60.0 Å². The number of thiophene rings is 1. The van der Waals surface area contributed by atoms with Crippen molar-refractivity contribution in [3.8, 4) is 10.6 Å². The zero-order valence-corrected chi connectivity index (χ0v) is 17.6. The van der Waals surface area contributed by atoms with Crippen molar-refractivity contribution in [3.63, 3.8) is 0 Å². The molecule has 142 valence electrons. The Hall–Kier alpha value is -2.70. The molecular formula is C22H21N3OS2. The molecule has 2 heterocycles. The van der Waals surface area contributed by atoms with Gasteiger partial charge in [0, 0.05) is 11.3 Å². The van der Waals surface area contributed by atoms with Crippen LogP contribution in [-0.4, -0.2) is 11.0 Å². The summed E-state index contributed by atoms with van der Waals surface area (Å²) in [6, 6.07) is 17.8. The van der Waals surface area contributed by atoms with E-state index in [2.05, 4.69) is 37.5 Å². The molecule has 6 heteroatoms. The van der Waals surface area contributed by atoms with E-state index >= 15 is 0 Å². The van der Waals surface area contributed by atoms with Crippen LogP contribution in [0, 0.1) is 0 Å². The lowest BCUT2D eigenvalue weighted by Crippen LogP contribution is -2.19. The fourth-order valence-electron chi connectivity index (χ4n) is 2.88. The zero-order valence-electron chi connectivity index (χ0n) is 15.9. The largest absolute Gasteiger partial charge is 0.324 e. The number of urea groups is 1. The van der Waals surface area contributed by atoms with Crippen molar-refractivity contribution >= 4 is 49.6 Å². The Labute approximate surface area is 172 Å². The van der Waals surface area contributed by atoms with E-state index in [0.29, 0.717) is 0 Å². The van der Waals surface area contributed by atoms with Crippen LogP contribution in [0.4, 0.5) is 15.5 Å². The summed E-state index contributed by atoms with van der Waals surface area (Å²) in [5, 5.41) is 9.54. The van der Waals surface area contributed by atoms with Crippen molar-refractivity contribution in [3.05, 3.63) is 65.5 Å². The molecule has 2 aromatic carbocycles. The normalized spacial score (nSPS) is 11.5. The summed E-state index contributed by atoms with van der Waals surface area (Å²) < 4.78 is 1.14. The number of fused-ring (bicyclic) bond motifs is 1. The quantitative estimate of drug-likeness (QED) is 0.385. The topological polar surface area (TPSA) is 54.0 Å². The number of nitrogens with zero attached hydrogens (tertiary/aromatic N) is 1. The molecule has 2 aromatic heterocycles. The number of benzene rings is 2. The summed E-state index contributed by atoms with van der Waals surface area (Å²) in [5.74, 6) is 0. The molecule has 2 N–H and O–H groups in total. The van der Waals surface area contributed by atoms with Crippen LogP contribution in [0.2, 0.25) is 0 Å². The third-order valence-electron chi connectivity index (χ3n) is 4.43. The maximum absolute atomic E-state index is 12.5. The van der Waals surface area contributed by atoms with Gasteiger partial charge in [0.15, 0.2) is 0 Å². The van der Waals surface area contributed by atoms with Gasteiger partial charge in [-0.15, -0.1) is 22.7 Å². The van der Waals surface area contributed by atoms with Crippen LogP contribution in [-0.2, 0) is 5.41 Å². The Bertz CT molecular complexity index is 1090. The number of thiazole rings is 1. The van der Waals surface area contributed by atoms with E-state index in [1.54, 1.807) is 11.3 Å². The van der Waals surface area contributed by atoms with Crippen molar-refractivity contribution in [1.29, 1.82) is 0 Å². The number of carbonyl (C=O) groups excluding carboxylic acids is 1. The Morgan fingerprint density at radius 3 is 2.43 bits per heavy atom. The number of para-hydroxylation sites is 1. The molecule has 0 bridgehead atoms. The Kier molecular flexibility index (Phi) is 4.91. The number of aromatic nitrogens is 1. The predicted octanol–water partition coefficient (Wildman–Crippen LogP) is 6.97. The van der Waals surface area contributed by atoms with Crippen LogP contribution >= 0.6 is 22.7 Å². The number of carbonyl (C=O) groups is 1. The first-order valence-corrected chi connectivity index (χ1v) is 10.7. The minimum absolute atomic E-state index is 0.0872. The first-order chi connectivity index (χ1) is 13.4. The van der Waals surface area contributed by atoms with Gasteiger partial charge in [-0.2, -0.15) is 0 Å². The highest BCUT2D eigenvalue weighted by atomic mass is 32.1. The third-order valence-corrected chi connectivity index (χ3v) is 6.32. The number of nitrogens with one attached hydrogen (secondary N) is 2. The van der Waals surface area contributed by atoms with Crippen LogP contribution in [0.1, 0.15) is 26.3 Å². The van der Waals surface area contributed by atoms with Crippen molar-refractivity contribution in [1.82, 2.24) is 4.98 Å². The SMILES string of the molecule is CC(C)(C)c1ccc(NC(=O)Nc2sccc2-c2nc3ccccc3s2)cc1. The molecule has 0 saturated carbocycles. The zero-order chi connectivity index (χ0) is 19.7. The molecule has 0 fully saturated rings. The van der Waals surface area contributed by atoms with Crippen LogP contribution in [0.5, 0.6) is 0 Å². The van der Waals surface area contributed by atoms with Gasteiger partial charge < -0.3 is 5.32 Å². The molecule has 0 unspecified atom stereocenters. The Balaban J connectivity index is 1.49. The first kappa shape index (κ1) is 18.7. The van der Waals surface area contributed by atoms with Crippen LogP contribution < -0.4 is 10.6 Å². The van der Waals surface area contributed by atoms with Crippen LogP contribution in [0.3, 0.4) is 0 Å². The van der Waals surface area contributed by atoms with E-state index in [1.807, 2.05) is 53.9 Å². The summed E-state index contributed by atoms with van der Waals surface area (Å²) in [7, 11) is 0. The second kappa shape index (κ2) is 7.37. The molecule has 0 aliphatic carbocycles. The molecule has 28 heavy (non-hydrogen) atoms. The third kappa shape index (κ3) is 3.93. The second-order valence-electron chi connectivity index (χ2n) is 7.56. The number of anilines is 2. The monoisotopic (exact) mass is 407 g/mol. The Morgan fingerprint density at radius 2 is 1.71 bits per heavy atom. The molecule has 4 nitrogen and oxygen atoms in total. The maximum atomic E-state index is 12.5. The van der Waals surface area contributed by atoms with E-state index in [4.69, 9.17) is 4.98 Å². The molecule has 0 spiro atoms. The minimum Gasteiger partial charge on any atom is -0.308 e. The number of rotatable bonds is 3. The fraction of sp³-hybridized carbons (Fsp3) is 0.182. The molecule has 0 atom stereocenters. The van der Waals surface area contributed by atoms with E-state index in [-0.39, 0.29) is 11.4 Å². The van der Waals surface area contributed by atoms with Gasteiger partial charge in [-0.05, 0) is 46.7 Å². The van der Waals surface area contributed by atoms with Crippen molar-refractivity contribution < 1.29 is 4.79 Å². The number of hydrogen-bond acceptors (Lipinski definition) is 4.